The highest BCUT2D eigenvalue weighted by molar-refractivity contribution is 5.99. The number of hydrogen-bond donors (Lipinski definition) is 1. The van der Waals surface area contributed by atoms with Crippen LogP contribution in [0.25, 0.3) is 11.0 Å². The average Bonchev–Trinajstić information content (AvgIpc) is 2.70. The lowest BCUT2D eigenvalue weighted by Crippen LogP contribution is -2.22. The van der Waals surface area contributed by atoms with Crippen LogP contribution >= 0.6 is 0 Å². The molecule has 3 aromatic carbocycles. The molecule has 0 atom stereocenters. The lowest BCUT2D eigenvalue weighted by atomic mass is 9.90. The Morgan fingerprint density at radius 3 is 2.04 bits per heavy atom. The molecule has 0 aliphatic carbocycles. The number of amides is 1. The average molecular weight is 355 g/mol. The molecule has 4 heteroatoms. The standard InChI is InChI=1S/C23H17NO3/c25-21-14-11-18-15-19(12-13-20(18)27-21)24-23(26)22(16-7-3-1-4-8-16)17-9-5-2-6-10-17/h1-15,22H,(H,24,26). The van der Waals surface area contributed by atoms with E-state index in [-0.39, 0.29) is 5.91 Å². The summed E-state index contributed by atoms with van der Waals surface area (Å²) >= 11 is 0. The molecule has 4 rings (SSSR count). The maximum absolute atomic E-state index is 13.1. The van der Waals surface area contributed by atoms with Crippen LogP contribution in [0, 0.1) is 0 Å². The molecule has 4 aromatic rings. The number of nitrogens with one attached hydrogen (secondary N) is 1. The molecule has 1 aromatic heterocycles. The maximum Gasteiger partial charge on any atom is 0.336 e. The van der Waals surface area contributed by atoms with Gasteiger partial charge < -0.3 is 9.73 Å². The monoisotopic (exact) mass is 355 g/mol. The maximum atomic E-state index is 13.1. The molecule has 0 spiro atoms. The Morgan fingerprint density at radius 1 is 0.778 bits per heavy atom. The van der Waals surface area contributed by atoms with Gasteiger partial charge in [0.2, 0.25) is 5.91 Å². The van der Waals surface area contributed by atoms with E-state index in [1.54, 1.807) is 24.3 Å². The van der Waals surface area contributed by atoms with Gasteiger partial charge in [0, 0.05) is 17.1 Å². The fraction of sp³-hybridized carbons (Fsp3) is 0.0435. The van der Waals surface area contributed by atoms with Gasteiger partial charge >= 0.3 is 5.63 Å². The number of hydrogen-bond acceptors (Lipinski definition) is 3. The summed E-state index contributed by atoms with van der Waals surface area (Å²) < 4.78 is 5.14. The fourth-order valence-corrected chi connectivity index (χ4v) is 3.15. The quantitative estimate of drug-likeness (QED) is 0.546. The molecule has 0 aliphatic heterocycles. The third-order valence-electron chi connectivity index (χ3n) is 4.41. The van der Waals surface area contributed by atoms with E-state index in [2.05, 4.69) is 5.32 Å². The van der Waals surface area contributed by atoms with Crippen molar-refractivity contribution < 1.29 is 9.21 Å². The van der Waals surface area contributed by atoms with Crippen molar-refractivity contribution in [3.05, 3.63) is 113 Å². The van der Waals surface area contributed by atoms with Crippen LogP contribution in [-0.2, 0) is 4.79 Å². The predicted molar refractivity (Wildman–Crippen MR) is 106 cm³/mol. The van der Waals surface area contributed by atoms with Gasteiger partial charge in [-0.2, -0.15) is 0 Å². The molecular weight excluding hydrogens is 338 g/mol. The minimum absolute atomic E-state index is 0.121. The SMILES string of the molecule is O=C(Nc1ccc2oc(=O)ccc2c1)C(c1ccccc1)c1ccccc1. The van der Waals surface area contributed by atoms with E-state index in [1.165, 1.54) is 6.07 Å². The number of rotatable bonds is 4. The van der Waals surface area contributed by atoms with Crippen molar-refractivity contribution in [2.45, 2.75) is 5.92 Å². The first kappa shape index (κ1) is 16.8. The van der Waals surface area contributed by atoms with Crippen molar-refractivity contribution in [2.75, 3.05) is 5.32 Å². The molecule has 1 heterocycles. The zero-order valence-corrected chi connectivity index (χ0v) is 14.5. The summed E-state index contributed by atoms with van der Waals surface area (Å²) in [5.41, 5.74) is 2.59. The first-order valence-corrected chi connectivity index (χ1v) is 8.65. The number of carbonyl (C=O) groups excluding carboxylic acids is 1. The normalized spacial score (nSPS) is 10.9. The van der Waals surface area contributed by atoms with Crippen molar-refractivity contribution in [1.29, 1.82) is 0 Å². The second-order valence-electron chi connectivity index (χ2n) is 6.25. The molecule has 0 unspecified atom stereocenters. The highest BCUT2D eigenvalue weighted by atomic mass is 16.4. The third kappa shape index (κ3) is 3.65. The van der Waals surface area contributed by atoms with E-state index < -0.39 is 11.5 Å². The number of benzene rings is 3. The molecule has 1 amide bonds. The van der Waals surface area contributed by atoms with E-state index in [0.717, 1.165) is 16.5 Å². The molecule has 4 nitrogen and oxygen atoms in total. The highest BCUT2D eigenvalue weighted by Gasteiger charge is 2.22. The minimum atomic E-state index is -0.420. The van der Waals surface area contributed by atoms with Gasteiger partial charge in [0.15, 0.2) is 0 Å². The molecule has 0 fully saturated rings. The van der Waals surface area contributed by atoms with Gasteiger partial charge in [-0.25, -0.2) is 4.79 Å². The van der Waals surface area contributed by atoms with E-state index in [9.17, 15) is 9.59 Å². The van der Waals surface area contributed by atoms with Crippen LogP contribution in [0.2, 0.25) is 0 Å². The van der Waals surface area contributed by atoms with E-state index in [0.29, 0.717) is 11.3 Å². The summed E-state index contributed by atoms with van der Waals surface area (Å²) in [7, 11) is 0. The second kappa shape index (κ2) is 7.30. The molecule has 0 radical (unpaired) electrons. The van der Waals surface area contributed by atoms with Crippen molar-refractivity contribution in [3.63, 3.8) is 0 Å². The topological polar surface area (TPSA) is 59.3 Å². The van der Waals surface area contributed by atoms with Gasteiger partial charge in [0.05, 0.1) is 5.92 Å². The lowest BCUT2D eigenvalue weighted by molar-refractivity contribution is -0.116. The molecular formula is C23H17NO3. The van der Waals surface area contributed by atoms with Crippen LogP contribution in [0.3, 0.4) is 0 Å². The van der Waals surface area contributed by atoms with Crippen LogP contribution in [0.4, 0.5) is 5.69 Å². The molecule has 27 heavy (non-hydrogen) atoms. The van der Waals surface area contributed by atoms with Crippen molar-refractivity contribution in [1.82, 2.24) is 0 Å². The van der Waals surface area contributed by atoms with Gasteiger partial charge in [0.1, 0.15) is 5.58 Å². The second-order valence-corrected chi connectivity index (χ2v) is 6.25. The summed E-state index contributed by atoms with van der Waals surface area (Å²) in [4.78, 5) is 24.4. The van der Waals surface area contributed by atoms with Gasteiger partial charge in [-0.1, -0.05) is 60.7 Å². The predicted octanol–water partition coefficient (Wildman–Crippen LogP) is 4.56. The van der Waals surface area contributed by atoms with Crippen LogP contribution in [0.5, 0.6) is 0 Å². The number of fused-ring (bicyclic) bond motifs is 1. The summed E-state index contributed by atoms with van der Waals surface area (Å²) in [6.07, 6.45) is 0. The van der Waals surface area contributed by atoms with E-state index in [1.807, 2.05) is 60.7 Å². The molecule has 0 saturated carbocycles. The van der Waals surface area contributed by atoms with Gasteiger partial charge in [-0.15, -0.1) is 0 Å². The molecule has 0 bridgehead atoms. The minimum Gasteiger partial charge on any atom is -0.423 e. The Kier molecular flexibility index (Phi) is 4.54. The van der Waals surface area contributed by atoms with Crippen LogP contribution in [-0.4, -0.2) is 5.91 Å². The van der Waals surface area contributed by atoms with Crippen molar-refractivity contribution in [3.8, 4) is 0 Å². The smallest absolute Gasteiger partial charge is 0.336 e. The summed E-state index contributed by atoms with van der Waals surface area (Å²) in [5.74, 6) is -0.541. The Labute approximate surface area is 156 Å². The van der Waals surface area contributed by atoms with Gasteiger partial charge in [-0.3, -0.25) is 4.79 Å². The lowest BCUT2D eigenvalue weighted by Gasteiger charge is -2.18. The molecule has 132 valence electrons. The van der Waals surface area contributed by atoms with Gasteiger partial charge in [0.25, 0.3) is 0 Å². The molecule has 1 N–H and O–H groups in total. The van der Waals surface area contributed by atoms with Crippen LogP contribution in [0.15, 0.2) is 100 Å². The van der Waals surface area contributed by atoms with Crippen LogP contribution < -0.4 is 10.9 Å². The molecule has 0 aliphatic rings. The molecule has 0 saturated heterocycles. The summed E-state index contributed by atoms with van der Waals surface area (Å²) in [5, 5.41) is 3.74. The summed E-state index contributed by atoms with van der Waals surface area (Å²) in [6.45, 7) is 0. The van der Waals surface area contributed by atoms with E-state index in [4.69, 9.17) is 4.42 Å². The third-order valence-corrected chi connectivity index (χ3v) is 4.41. The first-order chi connectivity index (χ1) is 13.2. The summed E-state index contributed by atoms with van der Waals surface area (Å²) in [6, 6.07) is 27.6. The number of anilines is 1. The zero-order chi connectivity index (χ0) is 18.6. The van der Waals surface area contributed by atoms with Crippen molar-refractivity contribution in [2.24, 2.45) is 0 Å². The zero-order valence-electron chi connectivity index (χ0n) is 14.5. The van der Waals surface area contributed by atoms with Crippen LogP contribution in [0.1, 0.15) is 17.0 Å². The number of carbonyl (C=O) groups is 1. The Morgan fingerprint density at radius 2 is 1.41 bits per heavy atom. The van der Waals surface area contributed by atoms with E-state index >= 15 is 0 Å². The Balaban J connectivity index is 1.68. The Hall–Kier alpha value is -3.66. The fourth-order valence-electron chi connectivity index (χ4n) is 3.15. The van der Waals surface area contributed by atoms with Crippen molar-refractivity contribution >= 4 is 22.6 Å². The highest BCUT2D eigenvalue weighted by Crippen LogP contribution is 2.27. The van der Waals surface area contributed by atoms with Gasteiger partial charge in [-0.05, 0) is 35.4 Å². The first-order valence-electron chi connectivity index (χ1n) is 8.65. The largest absolute Gasteiger partial charge is 0.423 e. The Bertz CT molecular complexity index is 1090.